The number of halogens is 5. The van der Waals surface area contributed by atoms with Gasteiger partial charge in [-0.25, -0.2) is 4.39 Å². The number of nitrogens with two attached hydrogens (primary N) is 1. The van der Waals surface area contributed by atoms with Crippen LogP contribution in [0.2, 0.25) is 0 Å². The lowest BCUT2D eigenvalue weighted by Crippen LogP contribution is -2.06. The van der Waals surface area contributed by atoms with Crippen molar-refractivity contribution in [2.75, 3.05) is 0 Å². The lowest BCUT2D eigenvalue weighted by atomic mass is 10.00. The molecule has 0 saturated carbocycles. The van der Waals surface area contributed by atoms with Crippen molar-refractivity contribution in [3.8, 4) is 16.9 Å². The highest BCUT2D eigenvalue weighted by Gasteiger charge is 2.31. The van der Waals surface area contributed by atoms with Gasteiger partial charge in [0.15, 0.2) is 0 Å². The quantitative estimate of drug-likeness (QED) is 0.525. The largest absolute Gasteiger partial charge is 0.488 e. The van der Waals surface area contributed by atoms with Gasteiger partial charge in [0.05, 0.1) is 5.56 Å². The molecule has 2 N–H and O–H groups in total. The molecule has 0 aromatic heterocycles. The van der Waals surface area contributed by atoms with Crippen molar-refractivity contribution in [3.63, 3.8) is 0 Å². The molecular formula is C21H18ClF4NO. The van der Waals surface area contributed by atoms with E-state index >= 15 is 0 Å². The Morgan fingerprint density at radius 3 is 2.11 bits per heavy atom. The van der Waals surface area contributed by atoms with Gasteiger partial charge in [0.1, 0.15) is 18.2 Å². The second-order valence-corrected chi connectivity index (χ2v) is 6.00. The van der Waals surface area contributed by atoms with Gasteiger partial charge in [0, 0.05) is 17.7 Å². The van der Waals surface area contributed by atoms with E-state index in [1.54, 1.807) is 18.2 Å². The highest BCUT2D eigenvalue weighted by Crippen LogP contribution is 2.36. The molecule has 3 rings (SSSR count). The van der Waals surface area contributed by atoms with Crippen LogP contribution in [0.1, 0.15) is 16.7 Å². The minimum absolute atomic E-state index is 0. The molecule has 3 aromatic carbocycles. The summed E-state index contributed by atoms with van der Waals surface area (Å²) in [6.07, 6.45) is -4.60. The molecule has 0 aliphatic rings. The fraction of sp³-hybridized carbons (Fsp3) is 0.143. The molecule has 0 fully saturated rings. The molecule has 0 amide bonds. The predicted octanol–water partition coefficient (Wildman–Crippen LogP) is 5.97. The Morgan fingerprint density at radius 1 is 0.821 bits per heavy atom. The Bertz CT molecular complexity index is 929. The SMILES string of the molecule is Cl.NCc1ccc(-c2ccc(C(F)(F)F)cc2F)c(OCc2ccccc2)c1. The number of alkyl halides is 3. The second kappa shape index (κ2) is 9.08. The summed E-state index contributed by atoms with van der Waals surface area (Å²) < 4.78 is 58.6. The van der Waals surface area contributed by atoms with Crippen LogP contribution in [0.4, 0.5) is 17.6 Å². The maximum atomic E-state index is 14.4. The molecule has 0 unspecified atom stereocenters. The highest BCUT2D eigenvalue weighted by atomic mass is 35.5. The normalized spacial score (nSPS) is 11.0. The summed E-state index contributed by atoms with van der Waals surface area (Å²) in [5, 5.41) is 0. The van der Waals surface area contributed by atoms with Crippen molar-refractivity contribution in [2.24, 2.45) is 5.73 Å². The van der Waals surface area contributed by atoms with E-state index in [2.05, 4.69) is 0 Å². The fourth-order valence-electron chi connectivity index (χ4n) is 2.68. The molecule has 28 heavy (non-hydrogen) atoms. The average Bonchev–Trinajstić information content (AvgIpc) is 2.66. The van der Waals surface area contributed by atoms with E-state index < -0.39 is 17.6 Å². The topological polar surface area (TPSA) is 35.2 Å². The minimum Gasteiger partial charge on any atom is -0.488 e. The van der Waals surface area contributed by atoms with Gasteiger partial charge in [-0.05, 0) is 29.3 Å². The molecule has 148 valence electrons. The monoisotopic (exact) mass is 411 g/mol. The number of hydrogen-bond donors (Lipinski definition) is 1. The average molecular weight is 412 g/mol. The Balaban J connectivity index is 0.00000280. The molecule has 0 spiro atoms. The van der Waals surface area contributed by atoms with E-state index in [1.165, 1.54) is 0 Å². The van der Waals surface area contributed by atoms with E-state index in [0.717, 1.165) is 23.3 Å². The van der Waals surface area contributed by atoms with E-state index in [1.807, 2.05) is 30.3 Å². The molecular weight excluding hydrogens is 394 g/mol. The first-order valence-corrected chi connectivity index (χ1v) is 8.25. The molecule has 0 aliphatic heterocycles. The standard InChI is InChI=1S/C21H17F4NO.ClH/c22-19-11-16(21(23,24)25)7-9-17(19)18-8-6-15(12-26)10-20(18)27-13-14-4-2-1-3-5-14;/h1-11H,12-13,26H2;1H. The van der Waals surface area contributed by atoms with Crippen molar-refractivity contribution in [1.82, 2.24) is 0 Å². The third kappa shape index (κ3) is 5.03. The summed E-state index contributed by atoms with van der Waals surface area (Å²) in [5.41, 5.74) is 6.71. The zero-order valence-electron chi connectivity index (χ0n) is 14.7. The van der Waals surface area contributed by atoms with Gasteiger partial charge in [-0.3, -0.25) is 0 Å². The molecule has 7 heteroatoms. The van der Waals surface area contributed by atoms with Crippen molar-refractivity contribution in [3.05, 3.63) is 89.2 Å². The minimum atomic E-state index is -4.60. The number of hydrogen-bond acceptors (Lipinski definition) is 2. The molecule has 0 saturated heterocycles. The van der Waals surface area contributed by atoms with E-state index in [-0.39, 0.29) is 31.1 Å². The van der Waals surface area contributed by atoms with Crippen molar-refractivity contribution < 1.29 is 22.3 Å². The summed E-state index contributed by atoms with van der Waals surface area (Å²) in [7, 11) is 0. The van der Waals surface area contributed by atoms with Gasteiger partial charge in [0.2, 0.25) is 0 Å². The van der Waals surface area contributed by atoms with Crippen molar-refractivity contribution in [2.45, 2.75) is 19.3 Å². The summed E-state index contributed by atoms with van der Waals surface area (Å²) in [4.78, 5) is 0. The van der Waals surface area contributed by atoms with E-state index in [4.69, 9.17) is 10.5 Å². The highest BCUT2D eigenvalue weighted by molar-refractivity contribution is 5.85. The summed E-state index contributed by atoms with van der Waals surface area (Å²) in [5.74, 6) is -0.602. The van der Waals surface area contributed by atoms with Gasteiger partial charge in [-0.2, -0.15) is 13.2 Å². The maximum Gasteiger partial charge on any atom is 0.416 e. The Kier molecular flexibility index (Phi) is 7.05. The van der Waals surface area contributed by atoms with E-state index in [9.17, 15) is 17.6 Å². The van der Waals surface area contributed by atoms with Gasteiger partial charge in [-0.1, -0.05) is 48.5 Å². The Labute approximate surface area is 166 Å². The first kappa shape index (κ1) is 21.7. The lowest BCUT2D eigenvalue weighted by Gasteiger charge is -2.15. The molecule has 0 atom stereocenters. The summed E-state index contributed by atoms with van der Waals surface area (Å²) in [6.45, 7) is 0.502. The third-order valence-corrected chi connectivity index (χ3v) is 4.11. The smallest absolute Gasteiger partial charge is 0.416 e. The van der Waals surface area contributed by atoms with Crippen LogP contribution in [0.3, 0.4) is 0 Å². The Morgan fingerprint density at radius 2 is 1.50 bits per heavy atom. The number of ether oxygens (including phenoxy) is 1. The van der Waals surface area contributed by atoms with E-state index in [0.29, 0.717) is 17.4 Å². The number of rotatable bonds is 5. The van der Waals surface area contributed by atoms with Gasteiger partial charge >= 0.3 is 6.18 Å². The molecule has 3 aromatic rings. The third-order valence-electron chi connectivity index (χ3n) is 4.11. The van der Waals surface area contributed by atoms with Crippen LogP contribution in [0, 0.1) is 5.82 Å². The fourth-order valence-corrected chi connectivity index (χ4v) is 2.68. The first-order valence-electron chi connectivity index (χ1n) is 8.25. The van der Waals surface area contributed by atoms with Crippen LogP contribution < -0.4 is 10.5 Å². The molecule has 0 bridgehead atoms. The lowest BCUT2D eigenvalue weighted by molar-refractivity contribution is -0.137. The first-order chi connectivity index (χ1) is 12.9. The second-order valence-electron chi connectivity index (χ2n) is 6.00. The zero-order valence-corrected chi connectivity index (χ0v) is 15.5. The van der Waals surface area contributed by atoms with Gasteiger partial charge < -0.3 is 10.5 Å². The van der Waals surface area contributed by atoms with Crippen molar-refractivity contribution >= 4 is 12.4 Å². The van der Waals surface area contributed by atoms with Crippen LogP contribution in [0.25, 0.3) is 11.1 Å². The predicted molar refractivity (Wildman–Crippen MR) is 103 cm³/mol. The van der Waals surface area contributed by atoms with Crippen LogP contribution >= 0.6 is 12.4 Å². The maximum absolute atomic E-state index is 14.4. The summed E-state index contributed by atoms with van der Waals surface area (Å²) in [6, 6.07) is 16.8. The number of benzene rings is 3. The molecule has 0 aliphatic carbocycles. The van der Waals surface area contributed by atoms with Crippen LogP contribution in [0.5, 0.6) is 5.75 Å². The Hall–Kier alpha value is -2.57. The van der Waals surface area contributed by atoms with Crippen LogP contribution in [-0.4, -0.2) is 0 Å². The molecule has 0 radical (unpaired) electrons. The van der Waals surface area contributed by atoms with Gasteiger partial charge in [0.25, 0.3) is 0 Å². The van der Waals surface area contributed by atoms with Crippen molar-refractivity contribution in [1.29, 1.82) is 0 Å². The molecule has 2 nitrogen and oxygen atoms in total. The summed E-state index contributed by atoms with van der Waals surface area (Å²) >= 11 is 0. The molecule has 0 heterocycles. The van der Waals surface area contributed by atoms with Gasteiger partial charge in [-0.15, -0.1) is 12.4 Å². The van der Waals surface area contributed by atoms with Crippen LogP contribution in [-0.2, 0) is 19.3 Å². The van der Waals surface area contributed by atoms with Crippen LogP contribution in [0.15, 0.2) is 66.7 Å². The zero-order chi connectivity index (χ0) is 19.4.